The van der Waals surface area contributed by atoms with Gasteiger partial charge in [0.2, 0.25) is 5.03 Å². The smallest absolute Gasteiger partial charge is 0.281 e. The molecule has 0 saturated carbocycles. The molecule has 0 radical (unpaired) electrons. The molecule has 0 fully saturated rings. The number of hydrogen-bond acceptors (Lipinski definition) is 5. The number of hydrogen-bond donors (Lipinski definition) is 3. The molecule has 20 heavy (non-hydrogen) atoms. The zero-order chi connectivity index (χ0) is 14.8. The van der Waals surface area contributed by atoms with Gasteiger partial charge >= 0.3 is 0 Å². The van der Waals surface area contributed by atoms with Crippen LogP contribution in [0.15, 0.2) is 41.6 Å². The van der Waals surface area contributed by atoms with Crippen molar-refractivity contribution in [3.63, 3.8) is 0 Å². The van der Waals surface area contributed by atoms with E-state index in [0.29, 0.717) is 0 Å². The summed E-state index contributed by atoms with van der Waals surface area (Å²) < 4.78 is 40.2. The Kier molecular flexibility index (Phi) is 3.86. The van der Waals surface area contributed by atoms with Gasteiger partial charge in [0.25, 0.3) is 10.0 Å². The molecule has 1 heterocycles. The third-order valence-corrected chi connectivity index (χ3v) is 3.87. The first-order valence-electron chi connectivity index (χ1n) is 5.64. The topological polar surface area (TPSA) is 97.1 Å². The van der Waals surface area contributed by atoms with Gasteiger partial charge in [-0.25, -0.2) is 9.37 Å². The summed E-state index contributed by atoms with van der Waals surface area (Å²) in [6.45, 7) is 1.73. The second-order valence-corrected chi connectivity index (χ2v) is 5.69. The summed E-state index contributed by atoms with van der Waals surface area (Å²) in [7, 11) is -4.04. The molecule has 2 aromatic rings. The van der Waals surface area contributed by atoms with E-state index in [9.17, 15) is 12.8 Å². The van der Waals surface area contributed by atoms with E-state index in [1.54, 1.807) is 13.0 Å². The van der Waals surface area contributed by atoms with Gasteiger partial charge in [-0.05, 0) is 36.8 Å². The van der Waals surface area contributed by atoms with Crippen LogP contribution in [-0.4, -0.2) is 13.4 Å². The van der Waals surface area contributed by atoms with Crippen molar-refractivity contribution in [2.75, 3.05) is 10.1 Å². The number of aromatic nitrogens is 1. The monoisotopic (exact) mass is 296 g/mol. The molecule has 0 saturated heterocycles. The number of nitrogen functional groups attached to an aromatic ring is 1. The molecule has 0 spiro atoms. The largest absolute Gasteiger partial charge is 0.321 e. The van der Waals surface area contributed by atoms with Gasteiger partial charge < -0.3 is 5.43 Å². The number of rotatable bonds is 4. The highest BCUT2D eigenvalue weighted by atomic mass is 32.2. The molecule has 2 rings (SSSR count). The third-order valence-electron chi connectivity index (χ3n) is 2.55. The van der Waals surface area contributed by atoms with E-state index in [1.807, 2.05) is 0 Å². The van der Waals surface area contributed by atoms with Crippen molar-refractivity contribution in [1.82, 2.24) is 4.98 Å². The maximum absolute atomic E-state index is 13.6. The average molecular weight is 296 g/mol. The van der Waals surface area contributed by atoms with Gasteiger partial charge in [0.1, 0.15) is 5.82 Å². The first kappa shape index (κ1) is 14.2. The minimum Gasteiger partial charge on any atom is -0.321 e. The van der Waals surface area contributed by atoms with E-state index in [0.717, 1.165) is 5.56 Å². The zero-order valence-electron chi connectivity index (χ0n) is 10.6. The van der Waals surface area contributed by atoms with Gasteiger partial charge in [-0.15, -0.1) is 0 Å². The highest BCUT2D eigenvalue weighted by Crippen LogP contribution is 2.23. The molecule has 0 aliphatic heterocycles. The van der Waals surface area contributed by atoms with E-state index >= 15 is 0 Å². The van der Waals surface area contributed by atoms with Crippen molar-refractivity contribution in [1.29, 1.82) is 0 Å². The summed E-state index contributed by atoms with van der Waals surface area (Å²) in [6, 6.07) is 7.11. The van der Waals surface area contributed by atoms with Crippen molar-refractivity contribution in [2.24, 2.45) is 5.84 Å². The molecule has 0 unspecified atom stereocenters. The van der Waals surface area contributed by atoms with Crippen molar-refractivity contribution >= 4 is 21.4 Å². The Morgan fingerprint density at radius 1 is 1.25 bits per heavy atom. The second kappa shape index (κ2) is 5.43. The van der Waals surface area contributed by atoms with Crippen LogP contribution in [0.25, 0.3) is 0 Å². The van der Waals surface area contributed by atoms with Gasteiger partial charge in [-0.1, -0.05) is 6.07 Å². The molecule has 0 atom stereocenters. The number of hydrazine groups is 1. The fourth-order valence-electron chi connectivity index (χ4n) is 1.63. The maximum atomic E-state index is 13.6. The summed E-state index contributed by atoms with van der Waals surface area (Å²) in [5.74, 6) is 4.57. The predicted molar refractivity (Wildman–Crippen MR) is 74.0 cm³/mol. The van der Waals surface area contributed by atoms with Crippen molar-refractivity contribution in [2.45, 2.75) is 11.9 Å². The Labute approximate surface area is 115 Å². The molecule has 0 aliphatic rings. The van der Waals surface area contributed by atoms with Gasteiger partial charge in [-0.3, -0.25) is 10.6 Å². The lowest BCUT2D eigenvalue weighted by atomic mass is 10.2. The van der Waals surface area contributed by atoms with Crippen molar-refractivity contribution in [3.05, 3.63) is 47.9 Å². The molecule has 1 aromatic heterocycles. The second-order valence-electron chi connectivity index (χ2n) is 4.09. The van der Waals surface area contributed by atoms with Gasteiger partial charge in [0, 0.05) is 6.20 Å². The highest BCUT2D eigenvalue weighted by Gasteiger charge is 2.21. The van der Waals surface area contributed by atoms with Crippen LogP contribution in [0.4, 0.5) is 15.8 Å². The van der Waals surface area contributed by atoms with E-state index in [-0.39, 0.29) is 16.4 Å². The summed E-state index contributed by atoms with van der Waals surface area (Å²) in [6.07, 6.45) is 1.31. The van der Waals surface area contributed by atoms with Crippen LogP contribution in [0.5, 0.6) is 0 Å². The number of sulfonamides is 1. The molecular formula is C12H13FN4O2S. The van der Waals surface area contributed by atoms with Crippen LogP contribution in [0.3, 0.4) is 0 Å². The highest BCUT2D eigenvalue weighted by molar-refractivity contribution is 7.92. The molecule has 0 aliphatic carbocycles. The van der Waals surface area contributed by atoms with Crippen LogP contribution in [0.1, 0.15) is 5.56 Å². The molecule has 1 aromatic carbocycles. The SMILES string of the molecule is Cc1ccc(F)c(NS(=O)(=O)c2ncccc2NN)c1. The van der Waals surface area contributed by atoms with Crippen molar-refractivity contribution < 1.29 is 12.8 Å². The third kappa shape index (κ3) is 2.86. The van der Waals surface area contributed by atoms with Crippen LogP contribution in [0, 0.1) is 12.7 Å². The molecular weight excluding hydrogens is 283 g/mol. The van der Waals surface area contributed by atoms with Crippen LogP contribution in [0.2, 0.25) is 0 Å². The lowest BCUT2D eigenvalue weighted by Gasteiger charge is -2.11. The summed E-state index contributed by atoms with van der Waals surface area (Å²) in [5, 5.41) is -0.302. The first-order valence-corrected chi connectivity index (χ1v) is 7.13. The van der Waals surface area contributed by atoms with E-state index in [1.165, 1.54) is 30.5 Å². The molecule has 4 N–H and O–H groups in total. The standard InChI is InChI=1S/C12H13FN4O2S/c1-8-4-5-9(13)11(7-8)17-20(18,19)12-10(16-14)3-2-6-15-12/h2-7,16-17H,14H2,1H3. The normalized spacial score (nSPS) is 11.2. The lowest BCUT2D eigenvalue weighted by Crippen LogP contribution is -2.19. The predicted octanol–water partition coefficient (Wildman–Crippen LogP) is 1.62. The molecule has 0 bridgehead atoms. The quantitative estimate of drug-likeness (QED) is 0.588. The van der Waals surface area contributed by atoms with E-state index < -0.39 is 15.8 Å². The van der Waals surface area contributed by atoms with Crippen LogP contribution >= 0.6 is 0 Å². The number of nitrogens with two attached hydrogens (primary N) is 1. The Balaban J connectivity index is 2.43. The molecule has 6 nitrogen and oxygen atoms in total. The van der Waals surface area contributed by atoms with Gasteiger partial charge in [-0.2, -0.15) is 8.42 Å². The number of aryl methyl sites for hydroxylation is 1. The van der Waals surface area contributed by atoms with Crippen LogP contribution in [-0.2, 0) is 10.0 Å². The minimum absolute atomic E-state index is 0.119. The Bertz CT molecular complexity index is 734. The summed E-state index contributed by atoms with van der Waals surface area (Å²) in [5.41, 5.74) is 2.94. The van der Waals surface area contributed by atoms with E-state index in [4.69, 9.17) is 5.84 Å². The fourth-order valence-corrected chi connectivity index (χ4v) is 2.78. The minimum atomic E-state index is -4.04. The van der Waals surface area contributed by atoms with Gasteiger partial charge in [0.15, 0.2) is 0 Å². The summed E-state index contributed by atoms with van der Waals surface area (Å²) in [4.78, 5) is 3.75. The summed E-state index contributed by atoms with van der Waals surface area (Å²) >= 11 is 0. The average Bonchev–Trinajstić information content (AvgIpc) is 2.42. The number of nitrogens with zero attached hydrogens (tertiary/aromatic N) is 1. The Morgan fingerprint density at radius 2 is 2.00 bits per heavy atom. The van der Waals surface area contributed by atoms with E-state index in [2.05, 4.69) is 15.1 Å². The number of benzene rings is 1. The Hall–Kier alpha value is -2.19. The zero-order valence-corrected chi connectivity index (χ0v) is 11.4. The van der Waals surface area contributed by atoms with Gasteiger partial charge in [0.05, 0.1) is 11.4 Å². The first-order chi connectivity index (χ1) is 9.44. The molecule has 106 valence electrons. The lowest BCUT2D eigenvalue weighted by molar-refractivity contribution is 0.595. The number of nitrogens with one attached hydrogen (secondary N) is 2. The molecule has 0 amide bonds. The maximum Gasteiger partial charge on any atom is 0.281 e. The number of anilines is 2. The van der Waals surface area contributed by atoms with Crippen LogP contribution < -0.4 is 16.0 Å². The molecule has 8 heteroatoms. The number of halogens is 1. The number of pyridine rings is 1. The van der Waals surface area contributed by atoms with Crippen molar-refractivity contribution in [3.8, 4) is 0 Å². The Morgan fingerprint density at radius 3 is 2.70 bits per heavy atom. The fraction of sp³-hybridized carbons (Fsp3) is 0.0833.